The fourth-order valence-corrected chi connectivity index (χ4v) is 4.82. The molecule has 0 saturated carbocycles. The molecule has 152 valence electrons. The van der Waals surface area contributed by atoms with Crippen LogP contribution in [0.2, 0.25) is 0 Å². The molecule has 2 aromatic rings. The molecular formula is C21H30N4O2S. The van der Waals surface area contributed by atoms with Crippen LogP contribution in [0.1, 0.15) is 42.1 Å². The number of benzene rings is 1. The molecule has 3 rings (SSSR count). The first kappa shape index (κ1) is 20.7. The molecule has 1 aliphatic heterocycles. The highest BCUT2D eigenvalue weighted by molar-refractivity contribution is 7.89. The van der Waals surface area contributed by atoms with E-state index in [0.717, 1.165) is 29.3 Å². The fourth-order valence-electron chi connectivity index (χ4n) is 3.55. The molecule has 1 aromatic heterocycles. The van der Waals surface area contributed by atoms with E-state index >= 15 is 0 Å². The zero-order valence-corrected chi connectivity index (χ0v) is 18.3. The summed E-state index contributed by atoms with van der Waals surface area (Å²) in [5.41, 5.74) is 4.57. The van der Waals surface area contributed by atoms with E-state index in [0.29, 0.717) is 26.2 Å². The molecular weight excluding hydrogens is 372 g/mol. The monoisotopic (exact) mass is 402 g/mol. The molecule has 0 bridgehead atoms. The Hall–Kier alpha value is -1.99. The lowest BCUT2D eigenvalue weighted by atomic mass is 10.0. The zero-order valence-electron chi connectivity index (χ0n) is 17.4. The Morgan fingerprint density at radius 3 is 2.14 bits per heavy atom. The van der Waals surface area contributed by atoms with Crippen molar-refractivity contribution in [3.05, 3.63) is 52.5 Å². The van der Waals surface area contributed by atoms with Gasteiger partial charge in [0.15, 0.2) is 0 Å². The minimum absolute atomic E-state index is 0.389. The summed E-state index contributed by atoms with van der Waals surface area (Å²) in [6.45, 7) is 11.8. The third-order valence-electron chi connectivity index (χ3n) is 5.30. The molecule has 7 heteroatoms. The molecule has 2 heterocycles. The molecule has 0 aliphatic carbocycles. The lowest BCUT2D eigenvalue weighted by Crippen LogP contribution is -2.51. The first-order valence-corrected chi connectivity index (χ1v) is 11.3. The molecule has 1 aromatic carbocycles. The van der Waals surface area contributed by atoms with Crippen LogP contribution in [0.3, 0.4) is 0 Å². The third-order valence-corrected chi connectivity index (χ3v) is 7.58. The summed E-state index contributed by atoms with van der Waals surface area (Å²) >= 11 is 0. The number of aryl methyl sites for hydroxylation is 3. The van der Waals surface area contributed by atoms with E-state index in [-0.39, 0.29) is 5.25 Å². The van der Waals surface area contributed by atoms with Gasteiger partial charge in [0.2, 0.25) is 10.0 Å². The second-order valence-corrected chi connectivity index (χ2v) is 10.3. The maximum absolute atomic E-state index is 12.5. The van der Waals surface area contributed by atoms with E-state index in [1.165, 1.54) is 11.1 Å². The Bertz CT molecular complexity index is 932. The van der Waals surface area contributed by atoms with E-state index in [2.05, 4.69) is 41.1 Å². The Morgan fingerprint density at radius 1 is 0.964 bits per heavy atom. The predicted molar refractivity (Wildman–Crippen MR) is 113 cm³/mol. The van der Waals surface area contributed by atoms with Gasteiger partial charge in [-0.05, 0) is 40.2 Å². The second-order valence-electron chi connectivity index (χ2n) is 7.80. The molecule has 1 fully saturated rings. The van der Waals surface area contributed by atoms with Gasteiger partial charge in [0.1, 0.15) is 11.6 Å². The second kappa shape index (κ2) is 8.17. The SMILES string of the molecule is Cc1ccc(Cc2c(C)nc(C)nc2N2CCN(S(=O)(=O)C(C)C)CC2)cc1. The molecule has 6 nitrogen and oxygen atoms in total. The van der Waals surface area contributed by atoms with Crippen molar-refractivity contribution in [3.63, 3.8) is 0 Å². The molecule has 0 radical (unpaired) electrons. The van der Waals surface area contributed by atoms with Gasteiger partial charge in [0.25, 0.3) is 0 Å². The summed E-state index contributed by atoms with van der Waals surface area (Å²) in [7, 11) is -3.21. The average molecular weight is 403 g/mol. The molecule has 0 spiro atoms. The van der Waals surface area contributed by atoms with E-state index in [1.54, 1.807) is 18.2 Å². The van der Waals surface area contributed by atoms with Gasteiger partial charge in [-0.1, -0.05) is 29.8 Å². The molecule has 1 saturated heterocycles. The van der Waals surface area contributed by atoms with Crippen molar-refractivity contribution in [2.24, 2.45) is 0 Å². The predicted octanol–water partition coefficient (Wildman–Crippen LogP) is 2.85. The van der Waals surface area contributed by atoms with Crippen LogP contribution in [-0.4, -0.2) is 54.1 Å². The van der Waals surface area contributed by atoms with Crippen LogP contribution in [0.5, 0.6) is 0 Å². The van der Waals surface area contributed by atoms with Gasteiger partial charge in [-0.2, -0.15) is 4.31 Å². The van der Waals surface area contributed by atoms with Gasteiger partial charge in [0, 0.05) is 43.9 Å². The highest BCUT2D eigenvalue weighted by atomic mass is 32.2. The molecule has 0 unspecified atom stereocenters. The molecule has 28 heavy (non-hydrogen) atoms. The first-order chi connectivity index (χ1) is 13.2. The van der Waals surface area contributed by atoms with Crippen molar-refractivity contribution in [1.82, 2.24) is 14.3 Å². The van der Waals surface area contributed by atoms with Crippen LogP contribution in [0, 0.1) is 20.8 Å². The Balaban J connectivity index is 1.85. The number of hydrogen-bond donors (Lipinski definition) is 0. The van der Waals surface area contributed by atoms with Gasteiger partial charge >= 0.3 is 0 Å². The van der Waals surface area contributed by atoms with Gasteiger partial charge in [-0.15, -0.1) is 0 Å². The number of nitrogens with zero attached hydrogens (tertiary/aromatic N) is 4. The van der Waals surface area contributed by atoms with Crippen molar-refractivity contribution in [3.8, 4) is 0 Å². The summed E-state index contributed by atoms with van der Waals surface area (Å²) in [6.07, 6.45) is 0.770. The first-order valence-electron chi connectivity index (χ1n) is 9.82. The molecule has 0 N–H and O–H groups in total. The standard InChI is InChI=1S/C21H30N4O2S/c1-15(2)28(26,27)25-12-10-24(11-13-25)21-20(17(4)22-18(5)23-21)14-19-8-6-16(3)7-9-19/h6-9,15H,10-14H2,1-5H3. The van der Waals surface area contributed by atoms with E-state index in [1.807, 2.05) is 13.8 Å². The normalized spacial score (nSPS) is 16.0. The number of piperazine rings is 1. The van der Waals surface area contributed by atoms with Crippen LogP contribution in [-0.2, 0) is 16.4 Å². The highest BCUT2D eigenvalue weighted by Crippen LogP contribution is 2.26. The van der Waals surface area contributed by atoms with Crippen LogP contribution in [0.25, 0.3) is 0 Å². The van der Waals surface area contributed by atoms with Crippen molar-refractivity contribution in [2.45, 2.75) is 46.3 Å². The summed E-state index contributed by atoms with van der Waals surface area (Å²) in [5, 5.41) is -0.389. The topological polar surface area (TPSA) is 66.4 Å². The Kier molecular flexibility index (Phi) is 6.05. The van der Waals surface area contributed by atoms with E-state index in [9.17, 15) is 8.42 Å². The summed E-state index contributed by atoms with van der Waals surface area (Å²) in [6, 6.07) is 8.53. The summed E-state index contributed by atoms with van der Waals surface area (Å²) in [4.78, 5) is 11.5. The minimum Gasteiger partial charge on any atom is -0.354 e. The number of anilines is 1. The van der Waals surface area contributed by atoms with Gasteiger partial charge in [-0.3, -0.25) is 0 Å². The Labute approximate surface area is 168 Å². The van der Waals surface area contributed by atoms with Crippen molar-refractivity contribution < 1.29 is 8.42 Å². The fraction of sp³-hybridized carbons (Fsp3) is 0.524. The third kappa shape index (κ3) is 4.36. The highest BCUT2D eigenvalue weighted by Gasteiger charge is 2.30. The quantitative estimate of drug-likeness (QED) is 0.769. The average Bonchev–Trinajstić information content (AvgIpc) is 2.65. The zero-order chi connectivity index (χ0) is 20.5. The van der Waals surface area contributed by atoms with Gasteiger partial charge in [0.05, 0.1) is 5.25 Å². The maximum Gasteiger partial charge on any atom is 0.216 e. The maximum atomic E-state index is 12.5. The number of hydrogen-bond acceptors (Lipinski definition) is 5. The summed E-state index contributed by atoms with van der Waals surface area (Å²) in [5.74, 6) is 1.68. The smallest absolute Gasteiger partial charge is 0.216 e. The molecule has 0 amide bonds. The molecule has 0 atom stereocenters. The minimum atomic E-state index is -3.21. The lowest BCUT2D eigenvalue weighted by molar-refractivity contribution is 0.379. The van der Waals surface area contributed by atoms with Crippen LogP contribution >= 0.6 is 0 Å². The van der Waals surface area contributed by atoms with Gasteiger partial charge < -0.3 is 4.90 Å². The summed E-state index contributed by atoms with van der Waals surface area (Å²) < 4.78 is 26.5. The van der Waals surface area contributed by atoms with Crippen LogP contribution in [0.4, 0.5) is 5.82 Å². The van der Waals surface area contributed by atoms with Crippen LogP contribution in [0.15, 0.2) is 24.3 Å². The van der Waals surface area contributed by atoms with Crippen molar-refractivity contribution >= 4 is 15.8 Å². The molecule has 1 aliphatic rings. The van der Waals surface area contributed by atoms with Crippen molar-refractivity contribution in [1.29, 1.82) is 0 Å². The number of aromatic nitrogens is 2. The Morgan fingerprint density at radius 2 is 1.57 bits per heavy atom. The van der Waals surface area contributed by atoms with E-state index in [4.69, 9.17) is 4.98 Å². The van der Waals surface area contributed by atoms with Gasteiger partial charge in [-0.25, -0.2) is 18.4 Å². The lowest BCUT2D eigenvalue weighted by Gasteiger charge is -2.36. The number of rotatable bonds is 5. The van der Waals surface area contributed by atoms with Crippen molar-refractivity contribution in [2.75, 3.05) is 31.1 Å². The van der Waals surface area contributed by atoms with E-state index < -0.39 is 10.0 Å². The van der Waals surface area contributed by atoms with Crippen LogP contribution < -0.4 is 4.90 Å². The largest absolute Gasteiger partial charge is 0.354 e. The number of sulfonamides is 1.